The van der Waals surface area contributed by atoms with Gasteiger partial charge in [-0.1, -0.05) is 110 Å². The number of fused-ring (bicyclic) bond motifs is 4. The van der Waals surface area contributed by atoms with Crippen molar-refractivity contribution >= 4 is 187 Å². The SMILES string of the molecule is C[C@@H]1CN(c2ccc(C#N)c3ncccc23)C[C@H](C(=O)CCCc2c(N)cccc2Br)O1.C[C@@H]1CN(c2ccc(C#N)c3ncccc23)C[C@H](C(=O)O)O1.C[C@@H]1CN(c2ccc(C#N)c3ncccc23)C[C@H](C2=Nc3cccc(Br)c3CCC2)O1.N#CCCl.N#CCc1c(Br)cccc1[N+](=O)[O-].NCCc1c(N)cccc1Br.O=[N+]([O-])c1cccc(Br)c1. The summed E-state index contributed by atoms with van der Waals surface area (Å²) in [5.41, 5.74) is 31.5. The number of carbonyl (C=O) groups is 2. The highest BCUT2D eigenvalue weighted by Gasteiger charge is 2.35. The van der Waals surface area contributed by atoms with Crippen LogP contribution in [0.5, 0.6) is 0 Å². The average Bonchev–Trinajstić information content (AvgIpc) is 1.32. The number of hydrogen-bond donors (Lipinski definition) is 4. The maximum atomic E-state index is 13.0. The quantitative estimate of drug-likeness (QED) is 0.0320. The number of morpholine rings is 3. The molecule has 0 unspecified atom stereocenters. The summed E-state index contributed by atoms with van der Waals surface area (Å²) in [4.78, 5) is 68.7. The van der Waals surface area contributed by atoms with Gasteiger partial charge in [0.1, 0.15) is 36.3 Å². The number of ether oxygens (including phenoxy) is 3. The number of hydrogen-bond acceptors (Lipinski definition) is 24. The number of aromatic nitrogens is 3. The van der Waals surface area contributed by atoms with E-state index in [9.17, 15) is 50.7 Å². The van der Waals surface area contributed by atoms with Gasteiger partial charge in [-0.05, 0) is 204 Å². The second kappa shape index (κ2) is 47.3. The average molecular weight is 2000 g/mol. The number of carbonyl (C=O) groups excluding carboxylic acids is 1. The Bertz CT molecular complexity index is 5840. The lowest BCUT2D eigenvalue weighted by molar-refractivity contribution is -0.385. The molecule has 7 heterocycles. The number of nitro benzene ring substituents is 2. The maximum Gasteiger partial charge on any atom is 0.334 e. The number of anilines is 5. The fourth-order valence-corrected chi connectivity index (χ4v) is 16.9. The highest BCUT2D eigenvalue weighted by molar-refractivity contribution is 9.11. The Morgan fingerprint density at radius 1 is 0.545 bits per heavy atom. The number of aliphatic imine (C=N–C) groups is 1. The number of benzene rings is 8. The summed E-state index contributed by atoms with van der Waals surface area (Å²) in [7, 11) is 0. The van der Waals surface area contributed by atoms with Crippen LogP contribution in [0.25, 0.3) is 32.7 Å². The third-order valence-electron chi connectivity index (χ3n) is 19.8. The molecule has 632 valence electrons. The number of Topliss-reactive ketones (excluding diaryl/α,β-unsaturated/α-hetero) is 1. The monoisotopic (exact) mass is 1990 g/mol. The molecule has 27 nitrogen and oxygen atoms in total. The number of nitrogens with two attached hydrogens (primary N) is 3. The lowest BCUT2D eigenvalue weighted by atomic mass is 10.0. The number of nitriles is 5. The van der Waals surface area contributed by atoms with E-state index >= 15 is 0 Å². The molecule has 0 spiro atoms. The van der Waals surface area contributed by atoms with E-state index in [0.29, 0.717) is 76.8 Å². The molecule has 6 atom stereocenters. The predicted molar refractivity (Wildman–Crippen MR) is 496 cm³/mol. The van der Waals surface area contributed by atoms with Crippen LogP contribution in [-0.4, -0.2) is 136 Å². The summed E-state index contributed by atoms with van der Waals surface area (Å²) >= 11 is 21.7. The molecular weight excluding hydrogens is 1910 g/mol. The van der Waals surface area contributed by atoms with E-state index in [1.807, 2.05) is 128 Å². The second-order valence-corrected chi connectivity index (χ2v) is 32.9. The lowest BCUT2D eigenvalue weighted by Crippen LogP contribution is -2.49. The third-order valence-corrected chi connectivity index (χ3v) is 23.4. The first-order chi connectivity index (χ1) is 59.2. The zero-order chi connectivity index (χ0) is 88.8. The number of nitrogens with zero attached hydrogens (tertiary/aromatic N) is 14. The van der Waals surface area contributed by atoms with Gasteiger partial charge in [-0.15, -0.1) is 11.6 Å². The van der Waals surface area contributed by atoms with Crippen LogP contribution >= 0.6 is 91.3 Å². The first-order valence-electron chi connectivity index (χ1n) is 38.8. The molecule has 4 aliphatic heterocycles. The molecular formula is C90H85Br5ClN17O10. The molecule has 0 bridgehead atoms. The zero-order valence-corrected chi connectivity index (χ0v) is 75.7. The number of carboxylic acids is 1. The van der Waals surface area contributed by atoms with E-state index in [-0.39, 0.29) is 60.4 Å². The first-order valence-corrected chi connectivity index (χ1v) is 43.3. The van der Waals surface area contributed by atoms with Crippen LogP contribution < -0.4 is 31.9 Å². The van der Waals surface area contributed by atoms with Crippen LogP contribution in [0, 0.1) is 76.9 Å². The van der Waals surface area contributed by atoms with Crippen molar-refractivity contribution < 1.29 is 38.8 Å². The Balaban J connectivity index is 0.000000175. The summed E-state index contributed by atoms with van der Waals surface area (Å²) < 4.78 is 22.3. The summed E-state index contributed by atoms with van der Waals surface area (Å²) in [5, 5.41) is 76.7. The number of nitrogen functional groups attached to an aromatic ring is 2. The third kappa shape index (κ3) is 26.1. The van der Waals surface area contributed by atoms with Crippen LogP contribution in [0.4, 0.5) is 45.5 Å². The predicted octanol–water partition coefficient (Wildman–Crippen LogP) is 19.1. The number of pyridine rings is 3. The largest absolute Gasteiger partial charge is 0.479 e. The Labute approximate surface area is 758 Å². The number of carboxylic acid groups (broad SMARTS) is 1. The number of ketones is 1. The van der Waals surface area contributed by atoms with Crippen molar-refractivity contribution in [2.24, 2.45) is 10.7 Å². The smallest absolute Gasteiger partial charge is 0.334 e. The maximum absolute atomic E-state index is 13.0. The summed E-state index contributed by atoms with van der Waals surface area (Å²) in [5.74, 6) is -0.768. The molecule has 0 saturated carbocycles. The normalized spacial score (nSPS) is 16.8. The second-order valence-electron chi connectivity index (χ2n) is 28.3. The molecule has 0 aliphatic carbocycles. The number of nitro groups is 2. The lowest BCUT2D eigenvalue weighted by Gasteiger charge is -2.39. The van der Waals surface area contributed by atoms with Gasteiger partial charge in [0.2, 0.25) is 0 Å². The van der Waals surface area contributed by atoms with Crippen molar-refractivity contribution in [1.29, 1.82) is 26.3 Å². The first kappa shape index (κ1) is 95.4. The molecule has 4 aliphatic rings. The van der Waals surface area contributed by atoms with Gasteiger partial charge in [-0.25, -0.2) is 4.79 Å². The number of rotatable bonds is 15. The topological polar surface area (TPSA) is 426 Å². The highest BCUT2D eigenvalue weighted by atomic mass is 79.9. The van der Waals surface area contributed by atoms with E-state index in [1.54, 1.807) is 61.1 Å². The Kier molecular flexibility index (Phi) is 36.7. The molecule has 15 rings (SSSR count). The van der Waals surface area contributed by atoms with Crippen LogP contribution in [0.1, 0.15) is 85.4 Å². The molecule has 33 heteroatoms. The molecule has 3 saturated heterocycles. The van der Waals surface area contributed by atoms with Crippen molar-refractivity contribution in [2.75, 3.05) is 77.9 Å². The number of aliphatic carboxylic acids is 1. The van der Waals surface area contributed by atoms with Gasteiger partial charge in [0.25, 0.3) is 11.4 Å². The van der Waals surface area contributed by atoms with Crippen molar-refractivity contribution in [3.63, 3.8) is 0 Å². The Morgan fingerprint density at radius 2 is 1.00 bits per heavy atom. The van der Waals surface area contributed by atoms with Gasteiger partial charge < -0.3 is 51.2 Å². The standard InChI is InChI=1S/C25H25BrN4O2.C25H23BrN4O.C16H15N3O3.C8H5BrN2O2.C8H11BrN2.C6H4BrNO2.C2H2ClN/c1-16-14-30(22-11-10-17(13-27)25-19(22)6-4-12-29-25)15-24(32-16)23(31)9-2-5-18-20(26)7-3-8-21(18)28;1-16-14-30(23-11-10-17(13-27)25-19(23)6-4-12-28-25)15-24(31-16)22-9-2-5-18-20(26)7-3-8-21(18)29-22;1-10-8-19(9-14(22-10)16(20)21)13-5-4-11(7-17)15-12(13)3-2-6-18-15;9-7-2-1-3-8(11(12)13)6(7)4-5-10;9-7-2-1-3-8(11)6(7)4-5-10;7-5-2-1-3-6(4-5)8(9)10;3-1-2-4/h3-4,6-8,10-12,16,24H,2,5,9,14-15,28H2,1H3;3-4,6-8,10-12,16,24H,2,5,9,14-15H2,1H3;2-6,10,14H,8-9H2,1H3,(H,20,21);1-3H,4H2;1-3H,4-5,10-11H2;1-4H;1H2/t2*16-,24-;10-,14-;;;;/m111..../s1. The summed E-state index contributed by atoms with van der Waals surface area (Å²) in [6, 6.07) is 61.6. The number of non-ortho nitro benzene ring substituents is 1. The number of halogens is 6. The van der Waals surface area contributed by atoms with Gasteiger partial charge >= 0.3 is 5.97 Å². The zero-order valence-electron chi connectivity index (χ0n) is 67.1. The Morgan fingerprint density at radius 3 is 1.46 bits per heavy atom. The minimum atomic E-state index is -0.965. The van der Waals surface area contributed by atoms with Crippen molar-refractivity contribution in [3.8, 4) is 30.3 Å². The van der Waals surface area contributed by atoms with E-state index in [2.05, 4.69) is 142 Å². The van der Waals surface area contributed by atoms with Gasteiger partial charge in [0.05, 0.1) is 104 Å². The fraction of sp³-hybridized carbons (Fsp3) is 0.278. The molecule has 8 aromatic carbocycles. The van der Waals surface area contributed by atoms with Crippen LogP contribution in [0.15, 0.2) is 216 Å². The molecule has 123 heavy (non-hydrogen) atoms. The van der Waals surface area contributed by atoms with Crippen LogP contribution in [-0.2, 0) is 49.5 Å². The molecule has 0 amide bonds. The fourth-order valence-electron chi connectivity index (χ4n) is 14.3. The van der Waals surface area contributed by atoms with E-state index < -0.39 is 28.0 Å². The van der Waals surface area contributed by atoms with Crippen molar-refractivity contribution in [3.05, 3.63) is 270 Å². The Hall–Kier alpha value is -11.4. The van der Waals surface area contributed by atoms with Gasteiger partial charge in [-0.3, -0.25) is 45.0 Å². The molecule has 7 N–H and O–H groups in total. The van der Waals surface area contributed by atoms with Gasteiger partial charge in [0, 0.05) is 142 Å². The minimum absolute atomic E-state index is 0.0177. The molecule has 3 fully saturated rings. The van der Waals surface area contributed by atoms with E-state index in [0.717, 1.165) is 136 Å². The highest BCUT2D eigenvalue weighted by Crippen LogP contribution is 2.38. The molecule has 0 radical (unpaired) electrons. The van der Waals surface area contributed by atoms with E-state index in [4.69, 9.17) is 58.5 Å². The minimum Gasteiger partial charge on any atom is -0.479 e. The van der Waals surface area contributed by atoms with E-state index in [1.165, 1.54) is 23.8 Å². The summed E-state index contributed by atoms with van der Waals surface area (Å²) in [6.07, 6.45) is 9.25. The van der Waals surface area contributed by atoms with Crippen LogP contribution in [0.3, 0.4) is 0 Å². The van der Waals surface area contributed by atoms with Crippen LogP contribution in [0.2, 0.25) is 0 Å². The van der Waals surface area contributed by atoms with Crippen molar-refractivity contribution in [1.82, 2.24) is 15.0 Å². The molecule has 11 aromatic rings. The number of alkyl halides is 1. The van der Waals surface area contributed by atoms with Gasteiger partial charge in [-0.2, -0.15) is 26.3 Å². The summed E-state index contributed by atoms with van der Waals surface area (Å²) in [6.45, 7) is 10.1. The van der Waals surface area contributed by atoms with Crippen molar-refractivity contribution in [2.45, 2.75) is 109 Å². The van der Waals surface area contributed by atoms with Gasteiger partial charge in [0.15, 0.2) is 11.9 Å². The molecule has 3 aromatic heterocycles.